The van der Waals surface area contributed by atoms with Gasteiger partial charge in [0.25, 0.3) is 5.91 Å². The summed E-state index contributed by atoms with van der Waals surface area (Å²) < 4.78 is 13.4. The minimum absolute atomic E-state index is 0.0766. The molecule has 31 heavy (non-hydrogen) atoms. The summed E-state index contributed by atoms with van der Waals surface area (Å²) in [5.74, 6) is -0.348. The van der Waals surface area contributed by atoms with E-state index in [0.717, 1.165) is 29.7 Å². The van der Waals surface area contributed by atoms with Gasteiger partial charge in [-0.3, -0.25) is 14.5 Å². The number of para-hydroxylation sites is 1. The van der Waals surface area contributed by atoms with E-state index in [-0.39, 0.29) is 22.8 Å². The van der Waals surface area contributed by atoms with Crippen LogP contribution in [0.2, 0.25) is 0 Å². The number of thioether (sulfide) groups is 1. The Kier molecular flexibility index (Phi) is 6.37. The number of amides is 2. The first-order chi connectivity index (χ1) is 15.1. The van der Waals surface area contributed by atoms with Gasteiger partial charge in [-0.15, -0.1) is 11.8 Å². The normalized spacial score (nSPS) is 15.9. The molecule has 1 fully saturated rings. The molecule has 0 aliphatic carbocycles. The first-order valence-corrected chi connectivity index (χ1v) is 11.3. The molecule has 158 valence electrons. The lowest BCUT2D eigenvalue weighted by atomic mass is 10.1. The molecule has 0 saturated carbocycles. The van der Waals surface area contributed by atoms with Crippen molar-refractivity contribution in [2.45, 2.75) is 25.1 Å². The molecule has 1 saturated heterocycles. The molecule has 6 heteroatoms. The van der Waals surface area contributed by atoms with Gasteiger partial charge in [-0.2, -0.15) is 0 Å². The van der Waals surface area contributed by atoms with Gasteiger partial charge in [0.1, 0.15) is 11.2 Å². The maximum atomic E-state index is 13.4. The molecular formula is C25H23FN2O2S. The highest BCUT2D eigenvalue weighted by molar-refractivity contribution is 8.00. The van der Waals surface area contributed by atoms with E-state index in [4.69, 9.17) is 0 Å². The molecule has 2 amide bonds. The Morgan fingerprint density at radius 3 is 2.71 bits per heavy atom. The number of benzene rings is 3. The van der Waals surface area contributed by atoms with Gasteiger partial charge in [-0.1, -0.05) is 49.7 Å². The summed E-state index contributed by atoms with van der Waals surface area (Å²) in [4.78, 5) is 27.2. The van der Waals surface area contributed by atoms with Gasteiger partial charge in [-0.25, -0.2) is 4.39 Å². The van der Waals surface area contributed by atoms with E-state index in [1.54, 1.807) is 23.9 Å². The topological polar surface area (TPSA) is 49.4 Å². The molecule has 1 atom stereocenters. The van der Waals surface area contributed by atoms with Crippen molar-refractivity contribution in [1.82, 2.24) is 0 Å². The maximum Gasteiger partial charge on any atom is 0.255 e. The quantitative estimate of drug-likeness (QED) is 0.533. The molecule has 0 spiro atoms. The molecular weight excluding hydrogens is 411 g/mol. The van der Waals surface area contributed by atoms with Crippen LogP contribution in [0.25, 0.3) is 0 Å². The fourth-order valence-electron chi connectivity index (χ4n) is 3.76. The lowest BCUT2D eigenvalue weighted by Gasteiger charge is -2.27. The number of halogens is 1. The first kappa shape index (κ1) is 21.1. The van der Waals surface area contributed by atoms with Crippen molar-refractivity contribution < 1.29 is 14.0 Å². The Hall–Kier alpha value is -3.12. The number of carbonyl (C=O) groups excluding carboxylic acids is 2. The zero-order valence-corrected chi connectivity index (χ0v) is 18.0. The third-order valence-electron chi connectivity index (χ3n) is 5.15. The van der Waals surface area contributed by atoms with Crippen molar-refractivity contribution >= 4 is 35.0 Å². The second-order valence-corrected chi connectivity index (χ2v) is 8.46. The van der Waals surface area contributed by atoms with Gasteiger partial charge >= 0.3 is 0 Å². The van der Waals surface area contributed by atoms with E-state index >= 15 is 0 Å². The number of carbonyl (C=O) groups is 2. The summed E-state index contributed by atoms with van der Waals surface area (Å²) >= 11 is 1.57. The van der Waals surface area contributed by atoms with E-state index in [9.17, 15) is 14.0 Å². The minimum atomic E-state index is -0.455. The number of nitrogens with one attached hydrogen (secondary N) is 1. The summed E-state index contributed by atoms with van der Waals surface area (Å²) in [5, 5.41) is 2.66. The van der Waals surface area contributed by atoms with Gasteiger partial charge in [0.15, 0.2) is 0 Å². The molecule has 0 unspecified atom stereocenters. The van der Waals surface area contributed by atoms with Crippen molar-refractivity contribution in [3.8, 4) is 0 Å². The van der Waals surface area contributed by atoms with Crippen LogP contribution in [-0.2, 0) is 11.2 Å². The van der Waals surface area contributed by atoms with E-state index in [1.807, 2.05) is 41.3 Å². The standard InChI is InChI=1S/C25H23FN2O2S/c1-2-7-17-8-3-4-13-22(17)28-23(29)16-31-25(28)19-10-6-12-21(15-19)27-24(30)18-9-5-11-20(26)14-18/h3-6,8-15,25H,2,7,16H2,1H3,(H,27,30)/t25-/m1/s1. The molecule has 1 heterocycles. The zero-order chi connectivity index (χ0) is 21.8. The fraction of sp³-hybridized carbons (Fsp3) is 0.200. The SMILES string of the molecule is CCCc1ccccc1N1C(=O)CS[C@@H]1c1cccc(NC(=O)c2cccc(F)c2)c1. The molecule has 1 aliphatic rings. The van der Waals surface area contributed by atoms with E-state index in [2.05, 4.69) is 18.3 Å². The van der Waals surface area contributed by atoms with Crippen molar-refractivity contribution in [1.29, 1.82) is 0 Å². The van der Waals surface area contributed by atoms with Gasteiger partial charge < -0.3 is 5.32 Å². The van der Waals surface area contributed by atoms with Gasteiger partial charge in [0.05, 0.1) is 5.75 Å². The van der Waals surface area contributed by atoms with Crippen LogP contribution in [-0.4, -0.2) is 17.6 Å². The molecule has 1 N–H and O–H groups in total. The average Bonchev–Trinajstić information content (AvgIpc) is 3.16. The number of rotatable bonds is 6. The zero-order valence-electron chi connectivity index (χ0n) is 17.2. The van der Waals surface area contributed by atoms with Crippen LogP contribution >= 0.6 is 11.8 Å². The number of hydrogen-bond acceptors (Lipinski definition) is 3. The van der Waals surface area contributed by atoms with E-state index in [0.29, 0.717) is 11.4 Å². The van der Waals surface area contributed by atoms with Crippen LogP contribution in [0.5, 0.6) is 0 Å². The largest absolute Gasteiger partial charge is 0.322 e. The lowest BCUT2D eigenvalue weighted by Crippen LogP contribution is -2.28. The third-order valence-corrected chi connectivity index (χ3v) is 6.37. The Balaban J connectivity index is 1.61. The summed E-state index contributed by atoms with van der Waals surface area (Å²) in [5.41, 5.74) is 3.89. The van der Waals surface area contributed by atoms with Gasteiger partial charge in [0, 0.05) is 16.9 Å². The van der Waals surface area contributed by atoms with Crippen LogP contribution < -0.4 is 10.2 Å². The number of aryl methyl sites for hydroxylation is 1. The molecule has 1 aliphatic heterocycles. The van der Waals surface area contributed by atoms with Crippen molar-refractivity contribution in [2.24, 2.45) is 0 Å². The van der Waals surface area contributed by atoms with Crippen molar-refractivity contribution in [3.63, 3.8) is 0 Å². The number of anilines is 2. The molecule has 4 nitrogen and oxygen atoms in total. The number of hydrogen-bond donors (Lipinski definition) is 1. The smallest absolute Gasteiger partial charge is 0.255 e. The Bertz CT molecular complexity index is 1120. The molecule has 0 radical (unpaired) electrons. The monoisotopic (exact) mass is 434 g/mol. The molecule has 0 aromatic heterocycles. The third kappa shape index (κ3) is 4.64. The van der Waals surface area contributed by atoms with Crippen LogP contribution in [0.15, 0.2) is 72.8 Å². The predicted octanol–water partition coefficient (Wildman–Crippen LogP) is 5.81. The second kappa shape index (κ2) is 9.35. The van der Waals surface area contributed by atoms with Crippen LogP contribution in [0, 0.1) is 5.82 Å². The van der Waals surface area contributed by atoms with Crippen molar-refractivity contribution in [2.75, 3.05) is 16.0 Å². The highest BCUT2D eigenvalue weighted by Gasteiger charge is 2.35. The Labute approximate surface area is 185 Å². The highest BCUT2D eigenvalue weighted by Crippen LogP contribution is 2.43. The summed E-state index contributed by atoms with van der Waals surface area (Å²) in [7, 11) is 0. The Morgan fingerprint density at radius 2 is 1.90 bits per heavy atom. The van der Waals surface area contributed by atoms with Gasteiger partial charge in [0.2, 0.25) is 5.91 Å². The maximum absolute atomic E-state index is 13.4. The average molecular weight is 435 g/mol. The Morgan fingerprint density at radius 1 is 1.10 bits per heavy atom. The highest BCUT2D eigenvalue weighted by atomic mass is 32.2. The van der Waals surface area contributed by atoms with E-state index in [1.165, 1.54) is 18.2 Å². The number of nitrogens with zero attached hydrogens (tertiary/aromatic N) is 1. The van der Waals surface area contributed by atoms with Crippen LogP contribution in [0.3, 0.4) is 0 Å². The fourth-order valence-corrected chi connectivity index (χ4v) is 4.92. The molecule has 3 aromatic rings. The molecule has 3 aromatic carbocycles. The molecule has 4 rings (SSSR count). The second-order valence-electron chi connectivity index (χ2n) is 7.40. The predicted molar refractivity (Wildman–Crippen MR) is 124 cm³/mol. The molecule has 0 bridgehead atoms. The van der Waals surface area contributed by atoms with Crippen LogP contribution in [0.1, 0.15) is 40.2 Å². The lowest BCUT2D eigenvalue weighted by molar-refractivity contribution is -0.115. The summed E-state index contributed by atoms with van der Waals surface area (Å²) in [6.07, 6.45) is 1.90. The van der Waals surface area contributed by atoms with E-state index < -0.39 is 5.82 Å². The van der Waals surface area contributed by atoms with Crippen molar-refractivity contribution in [3.05, 3.63) is 95.3 Å². The summed E-state index contributed by atoms with van der Waals surface area (Å²) in [6, 6.07) is 21.1. The van der Waals surface area contributed by atoms with Gasteiger partial charge in [-0.05, 0) is 53.9 Å². The minimum Gasteiger partial charge on any atom is -0.322 e. The van der Waals surface area contributed by atoms with Crippen LogP contribution in [0.4, 0.5) is 15.8 Å². The first-order valence-electron chi connectivity index (χ1n) is 10.2. The summed E-state index contributed by atoms with van der Waals surface area (Å²) in [6.45, 7) is 2.12.